The third-order valence-corrected chi connectivity index (χ3v) is 5.10. The van der Waals surface area contributed by atoms with Gasteiger partial charge in [0, 0.05) is 25.3 Å². The van der Waals surface area contributed by atoms with Crippen LogP contribution in [0.15, 0.2) is 66.7 Å². The minimum atomic E-state index is -0.192. The molecule has 128 valence electrons. The second kappa shape index (κ2) is 7.24. The second-order valence-corrected chi connectivity index (χ2v) is 6.83. The van der Waals surface area contributed by atoms with Crippen molar-refractivity contribution in [3.63, 3.8) is 0 Å². The van der Waals surface area contributed by atoms with Crippen LogP contribution in [0.5, 0.6) is 0 Å². The number of nitrogens with one attached hydrogen (secondary N) is 1. The summed E-state index contributed by atoms with van der Waals surface area (Å²) in [4.78, 5) is 2.49. The molecule has 1 aliphatic rings. The van der Waals surface area contributed by atoms with Crippen molar-refractivity contribution in [2.45, 2.75) is 12.3 Å². The van der Waals surface area contributed by atoms with Crippen LogP contribution >= 0.6 is 0 Å². The molecule has 0 bridgehead atoms. The van der Waals surface area contributed by atoms with Gasteiger partial charge in [0.15, 0.2) is 0 Å². The molecule has 0 radical (unpaired) electrons. The predicted octanol–water partition coefficient (Wildman–Crippen LogP) is 4.88. The van der Waals surface area contributed by atoms with E-state index in [1.54, 1.807) is 12.1 Å². The second-order valence-electron chi connectivity index (χ2n) is 6.83. The molecule has 3 aromatic rings. The van der Waals surface area contributed by atoms with Gasteiger partial charge >= 0.3 is 0 Å². The van der Waals surface area contributed by atoms with Crippen molar-refractivity contribution in [3.05, 3.63) is 78.1 Å². The maximum absolute atomic E-state index is 13.2. The molecule has 0 aromatic heterocycles. The van der Waals surface area contributed by atoms with E-state index in [9.17, 15) is 4.39 Å². The zero-order valence-corrected chi connectivity index (χ0v) is 14.3. The lowest BCUT2D eigenvalue weighted by molar-refractivity contribution is 0.348. The Kier molecular flexibility index (Phi) is 4.66. The number of halogens is 1. The summed E-state index contributed by atoms with van der Waals surface area (Å²) >= 11 is 0. The first-order valence-corrected chi connectivity index (χ1v) is 8.98. The van der Waals surface area contributed by atoms with Gasteiger partial charge < -0.3 is 10.2 Å². The van der Waals surface area contributed by atoms with E-state index in [4.69, 9.17) is 0 Å². The highest BCUT2D eigenvalue weighted by molar-refractivity contribution is 5.83. The molecule has 0 saturated carbocycles. The Morgan fingerprint density at radius 1 is 0.960 bits per heavy atom. The SMILES string of the molecule is Fc1cccc(NCCN2CCC(c3ccc4ccccc4c3)C2)c1. The van der Waals surface area contributed by atoms with Gasteiger partial charge in [-0.2, -0.15) is 0 Å². The molecule has 25 heavy (non-hydrogen) atoms. The topological polar surface area (TPSA) is 15.3 Å². The van der Waals surface area contributed by atoms with Gasteiger partial charge in [0.2, 0.25) is 0 Å². The standard InChI is InChI=1S/C22H23FN2/c23-21-6-3-7-22(15-21)24-11-13-25-12-10-20(16-25)19-9-8-17-4-1-2-5-18(17)14-19/h1-9,14-15,20,24H,10-13,16H2. The average molecular weight is 334 g/mol. The van der Waals surface area contributed by atoms with Crippen molar-refractivity contribution in [1.29, 1.82) is 0 Å². The van der Waals surface area contributed by atoms with Gasteiger partial charge in [-0.1, -0.05) is 48.5 Å². The van der Waals surface area contributed by atoms with E-state index in [0.29, 0.717) is 5.92 Å². The van der Waals surface area contributed by atoms with Gasteiger partial charge in [0.1, 0.15) is 5.82 Å². The molecule has 1 unspecified atom stereocenters. The summed E-state index contributed by atoms with van der Waals surface area (Å²) < 4.78 is 13.2. The molecular weight excluding hydrogens is 311 g/mol. The van der Waals surface area contributed by atoms with Gasteiger partial charge in [0.25, 0.3) is 0 Å². The monoisotopic (exact) mass is 334 g/mol. The largest absolute Gasteiger partial charge is 0.384 e. The minimum absolute atomic E-state index is 0.192. The molecule has 3 aromatic carbocycles. The lowest BCUT2D eigenvalue weighted by atomic mass is 9.96. The number of fused-ring (bicyclic) bond motifs is 1. The van der Waals surface area contributed by atoms with Gasteiger partial charge in [-0.3, -0.25) is 0 Å². The Morgan fingerprint density at radius 2 is 1.84 bits per heavy atom. The number of nitrogens with zero attached hydrogens (tertiary/aromatic N) is 1. The first-order chi connectivity index (χ1) is 12.3. The summed E-state index contributed by atoms with van der Waals surface area (Å²) in [6, 6.07) is 22.1. The zero-order chi connectivity index (χ0) is 17.1. The Labute approximate surface area is 148 Å². The number of rotatable bonds is 5. The predicted molar refractivity (Wildman–Crippen MR) is 103 cm³/mol. The van der Waals surface area contributed by atoms with Crippen LogP contribution in [0.1, 0.15) is 17.9 Å². The van der Waals surface area contributed by atoms with Crippen LogP contribution in [-0.2, 0) is 0 Å². The highest BCUT2D eigenvalue weighted by Crippen LogP contribution is 2.29. The van der Waals surface area contributed by atoms with Crippen molar-refractivity contribution in [2.75, 3.05) is 31.5 Å². The van der Waals surface area contributed by atoms with Crippen LogP contribution in [0.3, 0.4) is 0 Å². The summed E-state index contributed by atoms with van der Waals surface area (Å²) in [7, 11) is 0. The number of hydrogen-bond acceptors (Lipinski definition) is 2. The van der Waals surface area contributed by atoms with Gasteiger partial charge in [-0.15, -0.1) is 0 Å². The summed E-state index contributed by atoms with van der Waals surface area (Å²) in [5.41, 5.74) is 2.30. The summed E-state index contributed by atoms with van der Waals surface area (Å²) in [5, 5.41) is 5.94. The van der Waals surface area contributed by atoms with E-state index >= 15 is 0 Å². The summed E-state index contributed by atoms with van der Waals surface area (Å²) in [6.07, 6.45) is 1.21. The Bertz CT molecular complexity index is 861. The third kappa shape index (κ3) is 3.83. The quantitative estimate of drug-likeness (QED) is 0.715. The first-order valence-electron chi connectivity index (χ1n) is 8.98. The zero-order valence-electron chi connectivity index (χ0n) is 14.3. The maximum Gasteiger partial charge on any atom is 0.125 e. The molecule has 0 spiro atoms. The van der Waals surface area contributed by atoms with Crippen LogP contribution in [0.4, 0.5) is 10.1 Å². The van der Waals surface area contributed by atoms with Crippen LogP contribution in [0, 0.1) is 5.82 Å². The van der Waals surface area contributed by atoms with Crippen molar-refractivity contribution < 1.29 is 4.39 Å². The van der Waals surface area contributed by atoms with Crippen LogP contribution in [-0.4, -0.2) is 31.1 Å². The fraction of sp³-hybridized carbons (Fsp3) is 0.273. The summed E-state index contributed by atoms with van der Waals surface area (Å²) in [5.74, 6) is 0.418. The average Bonchev–Trinajstić information content (AvgIpc) is 3.10. The molecule has 1 heterocycles. The van der Waals surface area contributed by atoms with Crippen LogP contribution in [0.2, 0.25) is 0 Å². The molecule has 1 aliphatic heterocycles. The highest BCUT2D eigenvalue weighted by atomic mass is 19.1. The smallest absolute Gasteiger partial charge is 0.125 e. The van der Waals surface area contributed by atoms with E-state index < -0.39 is 0 Å². The molecule has 3 heteroatoms. The highest BCUT2D eigenvalue weighted by Gasteiger charge is 2.23. The van der Waals surface area contributed by atoms with Gasteiger partial charge in [0.05, 0.1) is 0 Å². The first kappa shape index (κ1) is 16.1. The molecule has 1 N–H and O–H groups in total. The molecule has 0 aliphatic carbocycles. The van der Waals surface area contributed by atoms with Crippen LogP contribution < -0.4 is 5.32 Å². The van der Waals surface area contributed by atoms with Crippen molar-refractivity contribution in [3.8, 4) is 0 Å². The molecule has 1 saturated heterocycles. The fourth-order valence-electron chi connectivity index (χ4n) is 3.73. The number of hydrogen-bond donors (Lipinski definition) is 1. The summed E-state index contributed by atoms with van der Waals surface area (Å²) in [6.45, 7) is 4.06. The molecular formula is C22H23FN2. The number of benzene rings is 3. The fourth-order valence-corrected chi connectivity index (χ4v) is 3.73. The Hall–Kier alpha value is -2.39. The van der Waals surface area contributed by atoms with E-state index in [1.165, 1.54) is 28.8 Å². The lowest BCUT2D eigenvalue weighted by Gasteiger charge is -2.17. The van der Waals surface area contributed by atoms with Crippen LogP contribution in [0.25, 0.3) is 10.8 Å². The molecule has 2 nitrogen and oxygen atoms in total. The molecule has 1 fully saturated rings. The van der Waals surface area contributed by atoms with Crippen molar-refractivity contribution >= 4 is 16.5 Å². The number of anilines is 1. The molecule has 1 atom stereocenters. The Balaban J connectivity index is 1.33. The Morgan fingerprint density at radius 3 is 2.72 bits per heavy atom. The lowest BCUT2D eigenvalue weighted by Crippen LogP contribution is -2.26. The van der Waals surface area contributed by atoms with E-state index in [-0.39, 0.29) is 5.82 Å². The van der Waals surface area contributed by atoms with Crippen molar-refractivity contribution in [2.24, 2.45) is 0 Å². The van der Waals surface area contributed by atoms with E-state index in [0.717, 1.165) is 31.9 Å². The molecule has 4 rings (SSSR count). The van der Waals surface area contributed by atoms with E-state index in [2.05, 4.69) is 52.7 Å². The van der Waals surface area contributed by atoms with Gasteiger partial charge in [-0.25, -0.2) is 4.39 Å². The number of likely N-dealkylation sites (tertiary alicyclic amines) is 1. The van der Waals surface area contributed by atoms with E-state index in [1.807, 2.05) is 6.07 Å². The van der Waals surface area contributed by atoms with Gasteiger partial charge in [-0.05, 0) is 53.4 Å². The van der Waals surface area contributed by atoms with Crippen molar-refractivity contribution in [1.82, 2.24) is 4.90 Å². The molecule has 0 amide bonds. The minimum Gasteiger partial charge on any atom is -0.384 e. The maximum atomic E-state index is 13.2. The third-order valence-electron chi connectivity index (χ3n) is 5.10. The normalized spacial score (nSPS) is 17.9.